The molecule has 1 amide bonds. The fourth-order valence-electron chi connectivity index (χ4n) is 2.30. The maximum Gasteiger partial charge on any atom is 0.218 e. The van der Waals surface area contributed by atoms with Crippen LogP contribution in [0.5, 0.6) is 0 Å². The Labute approximate surface area is 96.0 Å². The molecule has 0 aliphatic heterocycles. The molecule has 0 saturated heterocycles. The Bertz CT molecular complexity index is 401. The number of nitrogens with two attached hydrogens (primary N) is 1. The monoisotopic (exact) mass is 218 g/mol. The third-order valence-electron chi connectivity index (χ3n) is 3.14. The molecule has 3 N–H and O–H groups in total. The molecule has 0 heterocycles. The molecule has 0 bridgehead atoms. The molecule has 0 aromatic heterocycles. The molecule has 16 heavy (non-hydrogen) atoms. The van der Waals surface area contributed by atoms with E-state index in [2.05, 4.69) is 30.4 Å². The van der Waals surface area contributed by atoms with Crippen molar-refractivity contribution in [3.8, 4) is 0 Å². The van der Waals surface area contributed by atoms with Gasteiger partial charge in [0.05, 0.1) is 0 Å². The zero-order chi connectivity index (χ0) is 11.5. The minimum Gasteiger partial charge on any atom is -0.370 e. The molecule has 2 rings (SSSR count). The second-order valence-electron chi connectivity index (χ2n) is 4.46. The van der Waals surface area contributed by atoms with E-state index in [9.17, 15) is 4.79 Å². The normalized spacial score (nSPS) is 18.4. The average Bonchev–Trinajstić information content (AvgIpc) is 2.60. The van der Waals surface area contributed by atoms with Crippen molar-refractivity contribution in [3.63, 3.8) is 0 Å². The summed E-state index contributed by atoms with van der Waals surface area (Å²) >= 11 is 0. The summed E-state index contributed by atoms with van der Waals surface area (Å²) in [6, 6.07) is 7.00. The van der Waals surface area contributed by atoms with Crippen LogP contribution in [0.1, 0.15) is 35.6 Å². The second kappa shape index (κ2) is 4.66. The predicted molar refractivity (Wildman–Crippen MR) is 64.1 cm³/mol. The number of amides is 1. The minimum atomic E-state index is -0.241. The smallest absolute Gasteiger partial charge is 0.218 e. The van der Waals surface area contributed by atoms with E-state index in [4.69, 9.17) is 5.73 Å². The fraction of sp³-hybridized carbons (Fsp3) is 0.462. The van der Waals surface area contributed by atoms with Crippen molar-refractivity contribution in [2.24, 2.45) is 5.73 Å². The van der Waals surface area contributed by atoms with Crippen LogP contribution in [-0.2, 0) is 11.2 Å². The highest BCUT2D eigenvalue weighted by Crippen LogP contribution is 2.31. The quantitative estimate of drug-likeness (QED) is 0.803. The Morgan fingerprint density at radius 1 is 1.56 bits per heavy atom. The molecule has 1 aromatic rings. The van der Waals surface area contributed by atoms with E-state index in [1.54, 1.807) is 0 Å². The van der Waals surface area contributed by atoms with Gasteiger partial charge in [-0.3, -0.25) is 4.79 Å². The lowest BCUT2D eigenvalue weighted by Crippen LogP contribution is -2.24. The maximum absolute atomic E-state index is 10.7. The lowest BCUT2D eigenvalue weighted by Gasteiger charge is -2.13. The Morgan fingerprint density at radius 3 is 3.12 bits per heavy atom. The zero-order valence-electron chi connectivity index (χ0n) is 9.62. The summed E-state index contributed by atoms with van der Waals surface area (Å²) in [5.41, 5.74) is 9.24. The topological polar surface area (TPSA) is 55.1 Å². The van der Waals surface area contributed by atoms with Gasteiger partial charge >= 0.3 is 0 Å². The molecule has 86 valence electrons. The highest BCUT2D eigenvalue weighted by molar-refractivity contribution is 5.73. The summed E-state index contributed by atoms with van der Waals surface area (Å²) in [6.07, 6.45) is 2.67. The Balaban J connectivity index is 2.00. The van der Waals surface area contributed by atoms with Crippen molar-refractivity contribution in [3.05, 3.63) is 34.9 Å². The number of rotatable bonds is 4. The number of carbonyl (C=O) groups is 1. The van der Waals surface area contributed by atoms with Crippen molar-refractivity contribution in [1.82, 2.24) is 5.32 Å². The maximum atomic E-state index is 10.7. The van der Waals surface area contributed by atoms with Crippen molar-refractivity contribution in [2.45, 2.75) is 32.2 Å². The number of carbonyl (C=O) groups excluding carboxylic acids is 1. The number of hydrogen-bond donors (Lipinski definition) is 2. The summed E-state index contributed by atoms with van der Waals surface area (Å²) in [7, 11) is 0. The number of fused-ring (bicyclic) bond motifs is 1. The Morgan fingerprint density at radius 2 is 2.38 bits per heavy atom. The van der Waals surface area contributed by atoms with Gasteiger partial charge in [-0.25, -0.2) is 0 Å². The van der Waals surface area contributed by atoms with Crippen LogP contribution < -0.4 is 11.1 Å². The van der Waals surface area contributed by atoms with Crippen LogP contribution in [-0.4, -0.2) is 12.5 Å². The van der Waals surface area contributed by atoms with Crippen LogP contribution in [0.3, 0.4) is 0 Å². The number of nitrogens with one attached hydrogen (secondary N) is 1. The molecule has 0 fully saturated rings. The summed E-state index contributed by atoms with van der Waals surface area (Å²) in [5.74, 6) is -0.241. The fourth-order valence-corrected chi connectivity index (χ4v) is 2.30. The first-order valence-electron chi connectivity index (χ1n) is 5.78. The van der Waals surface area contributed by atoms with Crippen LogP contribution in [0, 0.1) is 6.92 Å². The summed E-state index contributed by atoms with van der Waals surface area (Å²) in [5, 5.41) is 3.40. The van der Waals surface area contributed by atoms with E-state index in [1.807, 2.05) is 0 Å². The summed E-state index contributed by atoms with van der Waals surface area (Å²) in [4.78, 5) is 10.7. The van der Waals surface area contributed by atoms with Gasteiger partial charge in [0.15, 0.2) is 0 Å². The van der Waals surface area contributed by atoms with E-state index >= 15 is 0 Å². The van der Waals surface area contributed by atoms with Crippen LogP contribution in [0.2, 0.25) is 0 Å². The zero-order valence-corrected chi connectivity index (χ0v) is 9.62. The molecule has 1 aliphatic rings. The molecule has 3 heteroatoms. The predicted octanol–water partition coefficient (Wildman–Crippen LogP) is 1.45. The highest BCUT2D eigenvalue weighted by atomic mass is 16.1. The van der Waals surface area contributed by atoms with Crippen LogP contribution in [0.15, 0.2) is 18.2 Å². The lowest BCUT2D eigenvalue weighted by atomic mass is 10.1. The molecule has 0 saturated carbocycles. The van der Waals surface area contributed by atoms with E-state index < -0.39 is 0 Å². The summed E-state index contributed by atoms with van der Waals surface area (Å²) < 4.78 is 0. The first-order chi connectivity index (χ1) is 7.66. The van der Waals surface area contributed by atoms with Crippen LogP contribution >= 0.6 is 0 Å². The lowest BCUT2D eigenvalue weighted by molar-refractivity contribution is -0.117. The number of hydrogen-bond acceptors (Lipinski definition) is 2. The molecule has 1 atom stereocenters. The standard InChI is InChI=1S/C13H18N2O/c1-9-2-3-10-4-5-12(11(10)8-9)15-7-6-13(14)16/h2-3,8,12,15H,4-7H2,1H3,(H2,14,16). The molecule has 1 unspecified atom stereocenters. The van der Waals surface area contributed by atoms with Gasteiger partial charge in [0.1, 0.15) is 0 Å². The van der Waals surface area contributed by atoms with Gasteiger partial charge in [-0.15, -0.1) is 0 Å². The molecule has 1 aromatic carbocycles. The molecule has 0 radical (unpaired) electrons. The number of aryl methyl sites for hydroxylation is 2. The minimum absolute atomic E-state index is 0.241. The third-order valence-corrected chi connectivity index (χ3v) is 3.14. The van der Waals surface area contributed by atoms with E-state index in [0.717, 1.165) is 12.8 Å². The SMILES string of the molecule is Cc1ccc2c(c1)C(NCCC(N)=O)CC2. The summed E-state index contributed by atoms with van der Waals surface area (Å²) in [6.45, 7) is 2.78. The van der Waals surface area contributed by atoms with Crippen LogP contribution in [0.4, 0.5) is 0 Å². The van der Waals surface area contributed by atoms with Gasteiger partial charge in [0.25, 0.3) is 0 Å². The number of primary amides is 1. The largest absolute Gasteiger partial charge is 0.370 e. The van der Waals surface area contributed by atoms with Crippen molar-refractivity contribution < 1.29 is 4.79 Å². The first kappa shape index (κ1) is 11.1. The Kier molecular flexibility index (Phi) is 3.25. The Hall–Kier alpha value is -1.35. The van der Waals surface area contributed by atoms with Gasteiger partial charge in [0.2, 0.25) is 5.91 Å². The molecule has 3 nitrogen and oxygen atoms in total. The van der Waals surface area contributed by atoms with Crippen molar-refractivity contribution >= 4 is 5.91 Å². The van der Waals surface area contributed by atoms with E-state index in [1.165, 1.54) is 16.7 Å². The van der Waals surface area contributed by atoms with E-state index in [-0.39, 0.29) is 5.91 Å². The van der Waals surface area contributed by atoms with E-state index in [0.29, 0.717) is 19.0 Å². The molecule has 0 spiro atoms. The average molecular weight is 218 g/mol. The van der Waals surface area contributed by atoms with Crippen molar-refractivity contribution in [2.75, 3.05) is 6.54 Å². The van der Waals surface area contributed by atoms with Gasteiger partial charge < -0.3 is 11.1 Å². The molecular formula is C13H18N2O. The highest BCUT2D eigenvalue weighted by Gasteiger charge is 2.21. The van der Waals surface area contributed by atoms with Crippen LogP contribution in [0.25, 0.3) is 0 Å². The van der Waals surface area contributed by atoms with Gasteiger partial charge in [-0.1, -0.05) is 23.8 Å². The van der Waals surface area contributed by atoms with Gasteiger partial charge in [-0.05, 0) is 30.9 Å². The molecule has 1 aliphatic carbocycles. The first-order valence-corrected chi connectivity index (χ1v) is 5.78. The van der Waals surface area contributed by atoms with Gasteiger partial charge in [0, 0.05) is 19.0 Å². The number of benzene rings is 1. The van der Waals surface area contributed by atoms with Gasteiger partial charge in [-0.2, -0.15) is 0 Å². The molecular weight excluding hydrogens is 200 g/mol. The second-order valence-corrected chi connectivity index (χ2v) is 4.46. The third kappa shape index (κ3) is 2.42. The van der Waals surface area contributed by atoms with Crippen molar-refractivity contribution in [1.29, 1.82) is 0 Å².